The maximum absolute atomic E-state index is 5.81. The summed E-state index contributed by atoms with van der Waals surface area (Å²) >= 11 is 5.81. The molecule has 0 atom stereocenters. The second-order valence-corrected chi connectivity index (χ2v) is 4.13. The summed E-state index contributed by atoms with van der Waals surface area (Å²) in [6, 6.07) is 10.7. The molecule has 0 aliphatic rings. The van der Waals surface area contributed by atoms with Crippen molar-refractivity contribution in [3.05, 3.63) is 47.1 Å². The van der Waals surface area contributed by atoms with Gasteiger partial charge < -0.3 is 15.2 Å². The summed E-state index contributed by atoms with van der Waals surface area (Å²) in [5, 5.41) is 0.304. The summed E-state index contributed by atoms with van der Waals surface area (Å²) in [6.45, 7) is 0.530. The van der Waals surface area contributed by atoms with Gasteiger partial charge >= 0.3 is 0 Å². The molecule has 1 aromatic heterocycles. The first kappa shape index (κ1) is 12.7. The first-order chi connectivity index (χ1) is 8.67. The number of aromatic nitrogens is 1. The third-order valence-corrected chi connectivity index (χ3v) is 2.42. The zero-order chi connectivity index (χ0) is 13.0. The molecule has 0 saturated carbocycles. The Morgan fingerprint density at radius 3 is 2.83 bits per heavy atom. The number of nitrogens with two attached hydrogens (primary N) is 1. The minimum absolute atomic E-state index is 0.304. The quantitative estimate of drug-likeness (QED) is 0.861. The summed E-state index contributed by atoms with van der Waals surface area (Å²) in [4.78, 5) is 4.04. The fourth-order valence-electron chi connectivity index (χ4n) is 1.53. The number of anilines is 1. The Labute approximate surface area is 110 Å². The highest BCUT2D eigenvalue weighted by molar-refractivity contribution is 6.29. The number of methoxy groups -OCH3 is 1. The lowest BCUT2D eigenvalue weighted by molar-refractivity contribution is 0.184. The minimum atomic E-state index is 0.304. The number of halogens is 1. The highest BCUT2D eigenvalue weighted by atomic mass is 35.5. The molecule has 2 N–H and O–H groups in total. The van der Waals surface area contributed by atoms with Crippen LogP contribution in [-0.4, -0.2) is 12.1 Å². The predicted octanol–water partition coefficient (Wildman–Crippen LogP) is 3.26. The van der Waals surface area contributed by atoms with Crippen LogP contribution < -0.4 is 10.5 Å². The monoisotopic (exact) mass is 264 g/mol. The molecule has 0 unspecified atom stereocenters. The van der Waals surface area contributed by atoms with Gasteiger partial charge in [0.25, 0.3) is 0 Å². The van der Waals surface area contributed by atoms with Gasteiger partial charge in [0.2, 0.25) is 5.88 Å². The number of rotatable bonds is 4. The van der Waals surface area contributed by atoms with Crippen molar-refractivity contribution >= 4 is 17.3 Å². The van der Waals surface area contributed by atoms with E-state index in [2.05, 4.69) is 4.98 Å². The second kappa shape index (κ2) is 5.71. The molecule has 5 heteroatoms. The van der Waals surface area contributed by atoms with Gasteiger partial charge in [0.05, 0.1) is 6.61 Å². The Morgan fingerprint density at radius 2 is 2.11 bits per heavy atom. The number of pyridine rings is 1. The van der Waals surface area contributed by atoms with E-state index in [0.29, 0.717) is 29.1 Å². The van der Waals surface area contributed by atoms with Crippen molar-refractivity contribution in [3.8, 4) is 11.6 Å². The fourth-order valence-corrected chi connectivity index (χ4v) is 1.74. The molecule has 0 fully saturated rings. The molecule has 2 aromatic rings. The smallest absolute Gasteiger partial charge is 0.222 e. The Morgan fingerprint density at radius 1 is 1.28 bits per heavy atom. The predicted molar refractivity (Wildman–Crippen MR) is 70.9 cm³/mol. The Balaban J connectivity index is 2.20. The lowest BCUT2D eigenvalue weighted by atomic mass is 10.2. The van der Waals surface area contributed by atoms with E-state index in [1.807, 2.05) is 24.3 Å². The normalized spacial score (nSPS) is 10.3. The number of hydrogen-bond donors (Lipinski definition) is 1. The third kappa shape index (κ3) is 3.35. The van der Waals surface area contributed by atoms with Gasteiger partial charge in [-0.3, -0.25) is 0 Å². The molecule has 2 rings (SSSR count). The molecule has 1 heterocycles. The lowest BCUT2D eigenvalue weighted by Crippen LogP contribution is -1.93. The number of nitrogen functional groups attached to an aromatic ring is 1. The molecular weight excluding hydrogens is 252 g/mol. The van der Waals surface area contributed by atoms with Crippen LogP contribution in [0.1, 0.15) is 5.56 Å². The van der Waals surface area contributed by atoms with Crippen LogP contribution in [0, 0.1) is 0 Å². The second-order valence-electron chi connectivity index (χ2n) is 3.74. The van der Waals surface area contributed by atoms with Crippen molar-refractivity contribution in [2.75, 3.05) is 12.8 Å². The topological polar surface area (TPSA) is 57.4 Å². The van der Waals surface area contributed by atoms with Crippen LogP contribution in [0.2, 0.25) is 5.15 Å². The van der Waals surface area contributed by atoms with Crippen LogP contribution in [0.15, 0.2) is 36.4 Å². The van der Waals surface area contributed by atoms with Gasteiger partial charge in [-0.05, 0) is 23.8 Å². The summed E-state index contributed by atoms with van der Waals surface area (Å²) < 4.78 is 10.7. The van der Waals surface area contributed by atoms with Crippen molar-refractivity contribution < 1.29 is 9.47 Å². The Bertz CT molecular complexity index is 526. The zero-order valence-corrected chi connectivity index (χ0v) is 10.6. The average Bonchev–Trinajstić information content (AvgIpc) is 2.28. The maximum Gasteiger partial charge on any atom is 0.222 e. The largest absolute Gasteiger partial charge is 0.439 e. The molecule has 0 radical (unpaired) electrons. The molecule has 0 amide bonds. The molecule has 4 nitrogen and oxygen atoms in total. The van der Waals surface area contributed by atoms with E-state index in [9.17, 15) is 0 Å². The zero-order valence-electron chi connectivity index (χ0n) is 9.89. The van der Waals surface area contributed by atoms with E-state index in [1.165, 1.54) is 0 Å². The molecular formula is C13H13ClN2O2. The standard InChI is InChI=1S/C13H13ClN2O2/c1-17-8-9-3-2-4-11(5-9)18-13-7-10(15)6-12(14)16-13/h2-7H,8H2,1H3,(H2,15,16). The molecule has 0 aliphatic carbocycles. The van der Waals surface area contributed by atoms with Crippen LogP contribution in [0.25, 0.3) is 0 Å². The lowest BCUT2D eigenvalue weighted by Gasteiger charge is -2.07. The SMILES string of the molecule is COCc1cccc(Oc2cc(N)cc(Cl)n2)c1. The average molecular weight is 265 g/mol. The van der Waals surface area contributed by atoms with Gasteiger partial charge in [-0.15, -0.1) is 0 Å². The molecule has 0 aliphatic heterocycles. The van der Waals surface area contributed by atoms with Crippen LogP contribution >= 0.6 is 11.6 Å². The van der Waals surface area contributed by atoms with E-state index >= 15 is 0 Å². The molecule has 1 aromatic carbocycles. The summed E-state index contributed by atoms with van der Waals surface area (Å²) in [5.74, 6) is 1.04. The third-order valence-electron chi connectivity index (χ3n) is 2.22. The summed E-state index contributed by atoms with van der Waals surface area (Å²) in [7, 11) is 1.65. The molecule has 0 bridgehead atoms. The van der Waals surface area contributed by atoms with E-state index in [4.69, 9.17) is 26.8 Å². The van der Waals surface area contributed by atoms with Gasteiger partial charge in [-0.25, -0.2) is 4.98 Å². The van der Waals surface area contributed by atoms with E-state index < -0.39 is 0 Å². The minimum Gasteiger partial charge on any atom is -0.439 e. The maximum atomic E-state index is 5.81. The van der Waals surface area contributed by atoms with Gasteiger partial charge in [0.1, 0.15) is 10.9 Å². The van der Waals surface area contributed by atoms with Crippen LogP contribution in [-0.2, 0) is 11.3 Å². The van der Waals surface area contributed by atoms with Crippen molar-refractivity contribution in [1.82, 2.24) is 4.98 Å². The van der Waals surface area contributed by atoms with E-state index in [-0.39, 0.29) is 0 Å². The summed E-state index contributed by atoms with van der Waals surface area (Å²) in [6.07, 6.45) is 0. The molecule has 18 heavy (non-hydrogen) atoms. The molecule has 94 valence electrons. The van der Waals surface area contributed by atoms with Crippen molar-refractivity contribution in [2.24, 2.45) is 0 Å². The highest BCUT2D eigenvalue weighted by Crippen LogP contribution is 2.24. The number of hydrogen-bond acceptors (Lipinski definition) is 4. The first-order valence-electron chi connectivity index (χ1n) is 5.36. The molecule has 0 spiro atoms. The van der Waals surface area contributed by atoms with Gasteiger partial charge in [-0.2, -0.15) is 0 Å². The highest BCUT2D eigenvalue weighted by Gasteiger charge is 2.03. The van der Waals surface area contributed by atoms with Gasteiger partial charge in [0.15, 0.2) is 0 Å². The van der Waals surface area contributed by atoms with E-state index in [0.717, 1.165) is 5.56 Å². The Kier molecular flexibility index (Phi) is 4.02. The number of ether oxygens (including phenoxy) is 2. The van der Waals surface area contributed by atoms with Crippen LogP contribution in [0.3, 0.4) is 0 Å². The van der Waals surface area contributed by atoms with Gasteiger partial charge in [0, 0.05) is 18.9 Å². The van der Waals surface area contributed by atoms with Crippen LogP contribution in [0.4, 0.5) is 5.69 Å². The van der Waals surface area contributed by atoms with Crippen LogP contribution in [0.5, 0.6) is 11.6 Å². The first-order valence-corrected chi connectivity index (χ1v) is 5.74. The van der Waals surface area contributed by atoms with Crippen molar-refractivity contribution in [2.45, 2.75) is 6.61 Å². The fraction of sp³-hybridized carbons (Fsp3) is 0.154. The van der Waals surface area contributed by atoms with Crippen molar-refractivity contribution in [1.29, 1.82) is 0 Å². The number of nitrogens with zero attached hydrogens (tertiary/aromatic N) is 1. The van der Waals surface area contributed by atoms with Crippen molar-refractivity contribution in [3.63, 3.8) is 0 Å². The number of benzene rings is 1. The van der Waals surface area contributed by atoms with Gasteiger partial charge in [-0.1, -0.05) is 23.7 Å². The molecule has 0 saturated heterocycles. The van der Waals surface area contributed by atoms with E-state index in [1.54, 1.807) is 19.2 Å². The summed E-state index contributed by atoms with van der Waals surface area (Å²) in [5.41, 5.74) is 7.20. The Hall–Kier alpha value is -1.78.